The van der Waals surface area contributed by atoms with Crippen LogP contribution < -0.4 is 14.8 Å². The van der Waals surface area contributed by atoms with E-state index in [0.29, 0.717) is 19.7 Å². The van der Waals surface area contributed by atoms with Crippen molar-refractivity contribution < 1.29 is 22.6 Å². The number of ether oxygens (including phenoxy) is 3. The molecule has 0 amide bonds. The molecule has 0 heterocycles. The Bertz CT molecular complexity index is 713. The van der Waals surface area contributed by atoms with Crippen molar-refractivity contribution in [3.63, 3.8) is 0 Å². The van der Waals surface area contributed by atoms with E-state index in [1.807, 2.05) is 37.1 Å². The van der Waals surface area contributed by atoms with Crippen molar-refractivity contribution in [3.05, 3.63) is 23.8 Å². The third-order valence-corrected chi connectivity index (χ3v) is 4.60. The van der Waals surface area contributed by atoms with Gasteiger partial charge in [0.05, 0.1) is 39.7 Å². The Labute approximate surface area is 185 Å². The van der Waals surface area contributed by atoms with Gasteiger partial charge in [0, 0.05) is 38.0 Å². The van der Waals surface area contributed by atoms with Crippen molar-refractivity contribution in [1.29, 1.82) is 0 Å². The van der Waals surface area contributed by atoms with Gasteiger partial charge in [0.25, 0.3) is 0 Å². The van der Waals surface area contributed by atoms with Crippen molar-refractivity contribution in [1.82, 2.24) is 10.2 Å². The van der Waals surface area contributed by atoms with Crippen molar-refractivity contribution >= 4 is 39.8 Å². The third kappa shape index (κ3) is 10.3. The lowest BCUT2D eigenvalue weighted by molar-refractivity contribution is 0.157. The first-order valence-corrected chi connectivity index (χ1v) is 10.8. The summed E-state index contributed by atoms with van der Waals surface area (Å²) in [5, 5.41) is 3.24. The highest BCUT2D eigenvalue weighted by Crippen LogP contribution is 2.25. The summed E-state index contributed by atoms with van der Waals surface area (Å²) in [6, 6.07) is 5.71. The summed E-state index contributed by atoms with van der Waals surface area (Å²) in [4.78, 5) is 6.51. The fourth-order valence-corrected chi connectivity index (χ4v) is 2.73. The maximum absolute atomic E-state index is 11.1. The van der Waals surface area contributed by atoms with Gasteiger partial charge in [-0.25, -0.2) is 8.42 Å². The van der Waals surface area contributed by atoms with Gasteiger partial charge >= 0.3 is 0 Å². The molecular weight excluding hydrogens is 497 g/mol. The Morgan fingerprint density at radius 1 is 1.21 bits per heavy atom. The molecule has 0 aliphatic carbocycles. The molecule has 0 saturated heterocycles. The summed E-state index contributed by atoms with van der Waals surface area (Å²) in [6.07, 6.45) is 1.19. The second-order valence-corrected chi connectivity index (χ2v) is 8.27. The maximum Gasteiger partial charge on any atom is 0.194 e. The third-order valence-electron chi connectivity index (χ3n) is 3.69. The van der Waals surface area contributed by atoms with Crippen LogP contribution in [0.15, 0.2) is 23.2 Å². The molecule has 1 rings (SSSR count). The van der Waals surface area contributed by atoms with Crippen LogP contribution in [0.25, 0.3) is 0 Å². The summed E-state index contributed by atoms with van der Waals surface area (Å²) in [6.45, 7) is 4.33. The first kappa shape index (κ1) is 26.7. The molecule has 0 saturated carbocycles. The minimum atomic E-state index is -3.00. The topological polar surface area (TPSA) is 89.5 Å². The Balaban J connectivity index is 0.00000729. The second-order valence-electron chi connectivity index (χ2n) is 6.01. The number of sulfone groups is 1. The zero-order valence-electron chi connectivity index (χ0n) is 17.2. The second kappa shape index (κ2) is 13.8. The predicted molar refractivity (Wildman–Crippen MR) is 123 cm³/mol. The molecule has 0 radical (unpaired) electrons. The van der Waals surface area contributed by atoms with Crippen molar-refractivity contribution in [2.45, 2.75) is 13.5 Å². The zero-order chi connectivity index (χ0) is 20.3. The lowest BCUT2D eigenvalue weighted by atomic mass is 10.2. The fraction of sp³-hybridized carbons (Fsp3) is 0.611. The molecule has 0 unspecified atom stereocenters. The number of halogens is 1. The van der Waals surface area contributed by atoms with Crippen LogP contribution in [-0.2, 0) is 21.1 Å². The first-order chi connectivity index (χ1) is 12.8. The monoisotopic (exact) mass is 529 g/mol. The molecule has 1 aromatic carbocycles. The van der Waals surface area contributed by atoms with Crippen LogP contribution >= 0.6 is 24.0 Å². The quantitative estimate of drug-likeness (QED) is 0.202. The molecule has 1 N–H and O–H groups in total. The molecule has 0 fully saturated rings. The summed E-state index contributed by atoms with van der Waals surface area (Å²) >= 11 is 0. The van der Waals surface area contributed by atoms with Gasteiger partial charge in [0.15, 0.2) is 5.96 Å². The smallest absolute Gasteiger partial charge is 0.194 e. The molecule has 1 aromatic rings. The van der Waals surface area contributed by atoms with Gasteiger partial charge < -0.3 is 24.4 Å². The van der Waals surface area contributed by atoms with Crippen molar-refractivity contribution in [3.8, 4) is 11.5 Å². The van der Waals surface area contributed by atoms with E-state index in [4.69, 9.17) is 14.2 Å². The van der Waals surface area contributed by atoms with E-state index in [1.165, 1.54) is 6.26 Å². The lowest BCUT2D eigenvalue weighted by Crippen LogP contribution is -2.38. The Morgan fingerprint density at radius 2 is 1.93 bits per heavy atom. The minimum absolute atomic E-state index is 0. The van der Waals surface area contributed by atoms with Gasteiger partial charge in [-0.15, -0.1) is 24.0 Å². The molecule has 10 heteroatoms. The first-order valence-electron chi connectivity index (χ1n) is 8.76. The molecule has 0 aliphatic rings. The minimum Gasteiger partial charge on any atom is -0.497 e. The van der Waals surface area contributed by atoms with Crippen molar-refractivity contribution in [2.24, 2.45) is 4.99 Å². The molecular formula is C18H32IN3O5S. The summed E-state index contributed by atoms with van der Waals surface area (Å²) in [5.41, 5.74) is 1.01. The summed E-state index contributed by atoms with van der Waals surface area (Å²) < 4.78 is 38.1. The molecule has 0 aliphatic heterocycles. The Morgan fingerprint density at radius 3 is 2.50 bits per heavy atom. The highest BCUT2D eigenvalue weighted by Gasteiger charge is 2.11. The van der Waals surface area contributed by atoms with Crippen LogP contribution in [0.2, 0.25) is 0 Å². The highest BCUT2D eigenvalue weighted by atomic mass is 127. The van der Waals surface area contributed by atoms with Crippen LogP contribution in [0.5, 0.6) is 11.5 Å². The van der Waals surface area contributed by atoms with E-state index in [-0.39, 0.29) is 36.3 Å². The number of methoxy groups -OCH3 is 2. The molecule has 0 aromatic heterocycles. The van der Waals surface area contributed by atoms with E-state index in [1.54, 1.807) is 14.2 Å². The van der Waals surface area contributed by atoms with Crippen LogP contribution in [0, 0.1) is 0 Å². The normalized spacial score (nSPS) is 11.5. The van der Waals surface area contributed by atoms with Gasteiger partial charge in [-0.2, -0.15) is 0 Å². The van der Waals surface area contributed by atoms with Crippen LogP contribution in [0.4, 0.5) is 0 Å². The van der Waals surface area contributed by atoms with Gasteiger partial charge in [-0.3, -0.25) is 4.99 Å². The largest absolute Gasteiger partial charge is 0.497 e. The van der Waals surface area contributed by atoms with E-state index >= 15 is 0 Å². The number of guanidine groups is 1. The molecule has 8 nitrogen and oxygen atoms in total. The number of hydrogen-bond donors (Lipinski definition) is 1. The van der Waals surface area contributed by atoms with Crippen LogP contribution in [0.1, 0.15) is 12.5 Å². The standard InChI is InChI=1S/C18H31N3O5S.HI/c1-6-19-18(20-9-10-26-11-12-27(5,22)23)21(2)14-15-7-8-16(24-3)13-17(15)25-4;/h7-8,13H,6,9-12,14H2,1-5H3,(H,19,20);1H. The van der Waals surface area contributed by atoms with Crippen molar-refractivity contribution in [2.75, 3.05) is 59.6 Å². The highest BCUT2D eigenvalue weighted by molar-refractivity contribution is 14.0. The molecule has 0 bridgehead atoms. The van der Waals surface area contributed by atoms with E-state index in [0.717, 1.165) is 29.6 Å². The average Bonchev–Trinajstić information content (AvgIpc) is 2.62. The van der Waals surface area contributed by atoms with Gasteiger partial charge in [-0.05, 0) is 19.1 Å². The lowest BCUT2D eigenvalue weighted by Gasteiger charge is -2.23. The number of benzene rings is 1. The maximum atomic E-state index is 11.1. The molecule has 0 atom stereocenters. The summed E-state index contributed by atoms with van der Waals surface area (Å²) in [5.74, 6) is 2.25. The Hall–Kier alpha value is -1.27. The van der Waals surface area contributed by atoms with Gasteiger partial charge in [0.2, 0.25) is 0 Å². The molecule has 0 spiro atoms. The fourth-order valence-electron chi connectivity index (χ4n) is 2.31. The zero-order valence-corrected chi connectivity index (χ0v) is 20.4. The predicted octanol–water partition coefficient (Wildman–Crippen LogP) is 1.78. The number of aliphatic imine (C=N–C) groups is 1. The Kier molecular flexibility index (Phi) is 13.2. The number of hydrogen-bond acceptors (Lipinski definition) is 6. The molecule has 28 heavy (non-hydrogen) atoms. The van der Waals surface area contributed by atoms with Gasteiger partial charge in [-0.1, -0.05) is 0 Å². The summed E-state index contributed by atoms with van der Waals surface area (Å²) in [7, 11) is 2.19. The number of nitrogens with zero attached hydrogens (tertiary/aromatic N) is 2. The van der Waals surface area contributed by atoms with Gasteiger partial charge in [0.1, 0.15) is 21.3 Å². The SMILES string of the molecule is CCNC(=NCCOCCS(C)(=O)=O)N(C)Cc1ccc(OC)cc1OC.I. The molecule has 162 valence electrons. The van der Waals surface area contributed by atoms with E-state index in [9.17, 15) is 8.42 Å². The number of nitrogens with one attached hydrogen (secondary N) is 1. The van der Waals surface area contributed by atoms with E-state index in [2.05, 4.69) is 10.3 Å². The average molecular weight is 529 g/mol. The van der Waals surface area contributed by atoms with Crippen LogP contribution in [-0.4, -0.2) is 78.9 Å². The van der Waals surface area contributed by atoms with Crippen LogP contribution in [0.3, 0.4) is 0 Å². The number of rotatable bonds is 11. The van der Waals surface area contributed by atoms with E-state index < -0.39 is 9.84 Å².